The van der Waals surface area contributed by atoms with E-state index in [9.17, 15) is 4.79 Å². The van der Waals surface area contributed by atoms with Gasteiger partial charge in [-0.1, -0.05) is 36.4 Å². The molecule has 0 unspecified atom stereocenters. The van der Waals surface area contributed by atoms with E-state index in [0.29, 0.717) is 12.1 Å². The highest BCUT2D eigenvalue weighted by atomic mass is 16.1. The van der Waals surface area contributed by atoms with E-state index in [1.165, 1.54) is 5.56 Å². The topological polar surface area (TPSA) is 33.5 Å². The van der Waals surface area contributed by atoms with E-state index in [0.717, 1.165) is 18.4 Å². The molecule has 3 aromatic rings. The molecular weight excluding hydrogens is 260 g/mol. The summed E-state index contributed by atoms with van der Waals surface area (Å²) in [6.45, 7) is 0.694. The van der Waals surface area contributed by atoms with Gasteiger partial charge in [0.1, 0.15) is 0 Å². The summed E-state index contributed by atoms with van der Waals surface area (Å²) in [6, 6.07) is 18.2. The van der Waals surface area contributed by atoms with Gasteiger partial charge in [0, 0.05) is 24.5 Å². The number of benzene rings is 1. The summed E-state index contributed by atoms with van der Waals surface area (Å²) in [5.41, 5.74) is 3.05. The lowest BCUT2D eigenvalue weighted by Gasteiger charge is -2.04. The molecular formula is C18H18N2O. The van der Waals surface area contributed by atoms with E-state index >= 15 is 0 Å². The first-order valence-corrected chi connectivity index (χ1v) is 7.22. The Morgan fingerprint density at radius 3 is 2.67 bits per heavy atom. The molecule has 3 rings (SSSR count). The summed E-state index contributed by atoms with van der Waals surface area (Å²) < 4.78 is 1.96. The number of aromatic nitrogens is 1. The molecule has 0 radical (unpaired) electrons. The van der Waals surface area contributed by atoms with Gasteiger partial charge in [-0.15, -0.1) is 0 Å². The van der Waals surface area contributed by atoms with Crippen LogP contribution in [0.15, 0.2) is 67.0 Å². The number of nitrogens with zero attached hydrogens (tertiary/aromatic N) is 1. The van der Waals surface area contributed by atoms with Crippen LogP contribution >= 0.6 is 0 Å². The third-order valence-corrected chi connectivity index (χ3v) is 3.54. The Morgan fingerprint density at radius 2 is 1.86 bits per heavy atom. The molecule has 21 heavy (non-hydrogen) atoms. The van der Waals surface area contributed by atoms with Crippen LogP contribution in [0.4, 0.5) is 0 Å². The molecule has 3 nitrogen and oxygen atoms in total. The molecule has 0 aliphatic rings. The number of amides is 1. The number of rotatable bonds is 5. The van der Waals surface area contributed by atoms with Crippen molar-refractivity contribution in [3.8, 4) is 0 Å². The molecule has 0 spiro atoms. The molecule has 3 heteroatoms. The van der Waals surface area contributed by atoms with Crippen molar-refractivity contribution in [3.63, 3.8) is 0 Å². The Balaban J connectivity index is 1.52. The molecule has 0 saturated carbocycles. The van der Waals surface area contributed by atoms with Gasteiger partial charge < -0.3 is 9.72 Å². The summed E-state index contributed by atoms with van der Waals surface area (Å²) in [7, 11) is 0. The highest BCUT2D eigenvalue weighted by Crippen LogP contribution is 2.09. The quantitative estimate of drug-likeness (QED) is 0.714. The highest BCUT2D eigenvalue weighted by Gasteiger charge is 2.07. The third kappa shape index (κ3) is 3.31. The molecule has 0 aliphatic heterocycles. The Labute approximate surface area is 124 Å². The summed E-state index contributed by atoms with van der Waals surface area (Å²) in [6.07, 6.45) is 5.74. The zero-order valence-corrected chi connectivity index (χ0v) is 11.8. The fourth-order valence-corrected chi connectivity index (χ4v) is 2.42. The average Bonchev–Trinajstić information content (AvgIpc) is 2.96. The Hall–Kier alpha value is -2.55. The van der Waals surface area contributed by atoms with Crippen LogP contribution in [0.2, 0.25) is 0 Å². The van der Waals surface area contributed by atoms with Crippen molar-refractivity contribution in [2.24, 2.45) is 0 Å². The van der Waals surface area contributed by atoms with Crippen molar-refractivity contribution < 1.29 is 4.79 Å². The first kappa shape index (κ1) is 13.4. The van der Waals surface area contributed by atoms with E-state index in [4.69, 9.17) is 0 Å². The molecule has 1 amide bonds. The number of pyridine rings is 1. The molecule has 1 N–H and O–H groups in total. The van der Waals surface area contributed by atoms with Crippen LogP contribution < -0.4 is 5.32 Å². The zero-order chi connectivity index (χ0) is 14.5. The summed E-state index contributed by atoms with van der Waals surface area (Å²) in [4.78, 5) is 12.1. The monoisotopic (exact) mass is 278 g/mol. The molecule has 0 bridgehead atoms. The van der Waals surface area contributed by atoms with Gasteiger partial charge in [-0.2, -0.15) is 0 Å². The van der Waals surface area contributed by atoms with Crippen molar-refractivity contribution in [1.82, 2.24) is 9.72 Å². The van der Waals surface area contributed by atoms with Gasteiger partial charge in [-0.25, -0.2) is 0 Å². The van der Waals surface area contributed by atoms with Gasteiger partial charge >= 0.3 is 0 Å². The van der Waals surface area contributed by atoms with Gasteiger partial charge in [0.15, 0.2) is 0 Å². The molecule has 0 saturated heterocycles. The third-order valence-electron chi connectivity index (χ3n) is 3.54. The maximum absolute atomic E-state index is 12.1. The molecule has 1 aromatic carbocycles. The second-order valence-corrected chi connectivity index (χ2v) is 5.11. The van der Waals surface area contributed by atoms with Crippen LogP contribution in [0, 0.1) is 0 Å². The fraction of sp³-hybridized carbons (Fsp3) is 0.167. The van der Waals surface area contributed by atoms with E-state index in [1.54, 1.807) is 0 Å². The van der Waals surface area contributed by atoms with Gasteiger partial charge in [0.05, 0.1) is 5.56 Å². The molecule has 2 aromatic heterocycles. The number of nitrogens with one attached hydrogen (secondary N) is 1. The smallest absolute Gasteiger partial charge is 0.252 e. The van der Waals surface area contributed by atoms with Crippen LogP contribution in [0.3, 0.4) is 0 Å². The zero-order valence-electron chi connectivity index (χ0n) is 11.8. The summed E-state index contributed by atoms with van der Waals surface area (Å²) >= 11 is 0. The van der Waals surface area contributed by atoms with E-state index in [1.807, 2.05) is 59.3 Å². The van der Waals surface area contributed by atoms with E-state index in [2.05, 4.69) is 17.4 Å². The van der Waals surface area contributed by atoms with Crippen LogP contribution in [-0.2, 0) is 6.42 Å². The lowest BCUT2D eigenvalue weighted by molar-refractivity contribution is 0.0953. The standard InChI is InChI=1S/C18H18N2O/c21-18(16-13-17-10-4-5-12-20(17)14-16)19-11-6-9-15-7-2-1-3-8-15/h1-5,7-8,10,12-14H,6,9,11H2,(H,19,21). The van der Waals surface area contributed by atoms with Crippen LogP contribution in [0.25, 0.3) is 5.52 Å². The number of fused-ring (bicyclic) bond motifs is 1. The lowest BCUT2D eigenvalue weighted by atomic mass is 10.1. The van der Waals surface area contributed by atoms with Crippen molar-refractivity contribution in [3.05, 3.63) is 78.1 Å². The number of hydrogen-bond donors (Lipinski definition) is 1. The summed E-state index contributed by atoms with van der Waals surface area (Å²) in [5.74, 6) is -0.00763. The first-order valence-electron chi connectivity index (χ1n) is 7.22. The maximum Gasteiger partial charge on any atom is 0.252 e. The van der Waals surface area contributed by atoms with Crippen molar-refractivity contribution in [1.29, 1.82) is 0 Å². The second-order valence-electron chi connectivity index (χ2n) is 5.11. The molecule has 2 heterocycles. The largest absolute Gasteiger partial charge is 0.352 e. The van der Waals surface area contributed by atoms with Crippen molar-refractivity contribution in [2.75, 3.05) is 6.54 Å². The Bertz CT molecular complexity index is 698. The van der Waals surface area contributed by atoms with Crippen LogP contribution in [-0.4, -0.2) is 16.9 Å². The van der Waals surface area contributed by atoms with Crippen LogP contribution in [0.1, 0.15) is 22.3 Å². The van der Waals surface area contributed by atoms with E-state index < -0.39 is 0 Å². The Morgan fingerprint density at radius 1 is 1.05 bits per heavy atom. The van der Waals surface area contributed by atoms with Crippen LogP contribution in [0.5, 0.6) is 0 Å². The van der Waals surface area contributed by atoms with Gasteiger partial charge in [0.25, 0.3) is 5.91 Å². The highest BCUT2D eigenvalue weighted by molar-refractivity contribution is 5.95. The number of carbonyl (C=O) groups excluding carboxylic acids is 1. The number of hydrogen-bond acceptors (Lipinski definition) is 1. The fourth-order valence-electron chi connectivity index (χ4n) is 2.42. The molecule has 106 valence electrons. The van der Waals surface area contributed by atoms with Gasteiger partial charge in [0.2, 0.25) is 0 Å². The number of aryl methyl sites for hydroxylation is 1. The second kappa shape index (κ2) is 6.27. The maximum atomic E-state index is 12.1. The minimum atomic E-state index is -0.00763. The molecule has 0 fully saturated rings. The molecule has 0 aliphatic carbocycles. The Kier molecular flexibility index (Phi) is 4.01. The predicted octanol–water partition coefficient (Wildman–Crippen LogP) is 3.30. The average molecular weight is 278 g/mol. The van der Waals surface area contributed by atoms with Crippen molar-refractivity contribution in [2.45, 2.75) is 12.8 Å². The predicted molar refractivity (Wildman–Crippen MR) is 84.5 cm³/mol. The minimum absolute atomic E-state index is 0.00763. The SMILES string of the molecule is O=C(NCCCc1ccccc1)c1cc2ccccn2c1. The van der Waals surface area contributed by atoms with E-state index in [-0.39, 0.29) is 5.91 Å². The lowest BCUT2D eigenvalue weighted by Crippen LogP contribution is -2.24. The van der Waals surface area contributed by atoms with Gasteiger partial charge in [-0.3, -0.25) is 4.79 Å². The number of carbonyl (C=O) groups is 1. The molecule has 0 atom stereocenters. The van der Waals surface area contributed by atoms with Crippen molar-refractivity contribution >= 4 is 11.4 Å². The normalized spacial score (nSPS) is 10.7. The minimum Gasteiger partial charge on any atom is -0.352 e. The summed E-state index contributed by atoms with van der Waals surface area (Å²) in [5, 5.41) is 2.98. The van der Waals surface area contributed by atoms with Gasteiger partial charge in [-0.05, 0) is 36.6 Å². The first-order chi connectivity index (χ1) is 10.3.